The summed E-state index contributed by atoms with van der Waals surface area (Å²) in [6.07, 6.45) is 1.89. The average molecular weight is 295 g/mol. The molecule has 116 valence electrons. The standard InChI is InChI=1S/C15H21NO5/c1-10(2)11-4-7-21-12(11)13(17)16-6-5-15(8-16,9-20-3)14(18)19/h4,7,10H,5-6,8-9H2,1-3H3,(H,18,19). The van der Waals surface area contributed by atoms with Crippen molar-refractivity contribution in [1.82, 2.24) is 4.90 Å². The predicted molar refractivity (Wildman–Crippen MR) is 75.3 cm³/mol. The fourth-order valence-electron chi connectivity index (χ4n) is 2.77. The number of hydrogen-bond acceptors (Lipinski definition) is 4. The molecule has 6 nitrogen and oxygen atoms in total. The zero-order valence-corrected chi connectivity index (χ0v) is 12.6. The molecule has 2 rings (SSSR count). The van der Waals surface area contributed by atoms with E-state index in [0.717, 1.165) is 5.56 Å². The van der Waals surface area contributed by atoms with Crippen LogP contribution in [0.3, 0.4) is 0 Å². The second-order valence-corrected chi connectivity index (χ2v) is 5.85. The number of rotatable bonds is 5. The summed E-state index contributed by atoms with van der Waals surface area (Å²) in [5.74, 6) is -0.691. The van der Waals surface area contributed by atoms with Crippen LogP contribution in [0.1, 0.15) is 42.3 Å². The molecule has 0 spiro atoms. The molecule has 1 amide bonds. The zero-order chi connectivity index (χ0) is 15.6. The Morgan fingerprint density at radius 2 is 2.24 bits per heavy atom. The van der Waals surface area contributed by atoms with Crippen LogP contribution in [0.2, 0.25) is 0 Å². The minimum Gasteiger partial charge on any atom is -0.481 e. The number of hydrogen-bond donors (Lipinski definition) is 1. The van der Waals surface area contributed by atoms with E-state index in [0.29, 0.717) is 18.7 Å². The number of amides is 1. The molecule has 0 radical (unpaired) electrons. The van der Waals surface area contributed by atoms with Crippen LogP contribution in [-0.4, -0.2) is 48.7 Å². The molecule has 0 aromatic carbocycles. The van der Waals surface area contributed by atoms with Crippen molar-refractivity contribution >= 4 is 11.9 Å². The third-order valence-corrected chi connectivity index (χ3v) is 4.03. The Bertz CT molecular complexity index is 536. The topological polar surface area (TPSA) is 80.0 Å². The fourth-order valence-corrected chi connectivity index (χ4v) is 2.77. The molecule has 0 aliphatic carbocycles. The van der Waals surface area contributed by atoms with E-state index in [4.69, 9.17) is 9.15 Å². The maximum absolute atomic E-state index is 12.5. The first-order valence-corrected chi connectivity index (χ1v) is 7.00. The van der Waals surface area contributed by atoms with Gasteiger partial charge in [0.25, 0.3) is 5.91 Å². The third kappa shape index (κ3) is 2.81. The van der Waals surface area contributed by atoms with Crippen molar-refractivity contribution < 1.29 is 23.8 Å². The van der Waals surface area contributed by atoms with Gasteiger partial charge < -0.3 is 19.2 Å². The molecule has 6 heteroatoms. The minimum absolute atomic E-state index is 0.0985. The van der Waals surface area contributed by atoms with Crippen LogP contribution in [0.5, 0.6) is 0 Å². The summed E-state index contributed by atoms with van der Waals surface area (Å²) in [5, 5.41) is 9.43. The summed E-state index contributed by atoms with van der Waals surface area (Å²) in [7, 11) is 1.47. The van der Waals surface area contributed by atoms with E-state index in [1.807, 2.05) is 13.8 Å². The van der Waals surface area contributed by atoms with Crippen molar-refractivity contribution in [3.63, 3.8) is 0 Å². The number of carbonyl (C=O) groups is 2. The van der Waals surface area contributed by atoms with Crippen LogP contribution < -0.4 is 0 Å². The highest BCUT2D eigenvalue weighted by Crippen LogP contribution is 2.33. The summed E-state index contributed by atoms with van der Waals surface area (Å²) >= 11 is 0. The van der Waals surface area contributed by atoms with Crippen molar-refractivity contribution in [1.29, 1.82) is 0 Å². The number of carboxylic acid groups (broad SMARTS) is 1. The average Bonchev–Trinajstić information content (AvgIpc) is 3.05. The lowest BCUT2D eigenvalue weighted by molar-refractivity contribution is -0.151. The lowest BCUT2D eigenvalue weighted by atomic mass is 9.88. The molecule has 0 bridgehead atoms. The molecular weight excluding hydrogens is 274 g/mol. The molecule has 0 saturated carbocycles. The lowest BCUT2D eigenvalue weighted by Crippen LogP contribution is -2.40. The van der Waals surface area contributed by atoms with Gasteiger partial charge in [-0.05, 0) is 18.4 Å². The maximum atomic E-state index is 12.5. The fraction of sp³-hybridized carbons (Fsp3) is 0.600. The number of methoxy groups -OCH3 is 1. The predicted octanol–water partition coefficient (Wildman–Crippen LogP) is 1.97. The Kier molecular flexibility index (Phi) is 4.37. The molecule has 1 aliphatic heterocycles. The van der Waals surface area contributed by atoms with E-state index < -0.39 is 11.4 Å². The second kappa shape index (κ2) is 5.89. The Morgan fingerprint density at radius 1 is 1.52 bits per heavy atom. The van der Waals surface area contributed by atoms with Crippen molar-refractivity contribution in [2.75, 3.05) is 26.8 Å². The molecule has 1 unspecified atom stereocenters. The second-order valence-electron chi connectivity index (χ2n) is 5.85. The molecule has 1 atom stereocenters. The van der Waals surface area contributed by atoms with Gasteiger partial charge in [0, 0.05) is 25.8 Å². The Morgan fingerprint density at radius 3 is 2.81 bits per heavy atom. The van der Waals surface area contributed by atoms with Crippen molar-refractivity contribution in [2.45, 2.75) is 26.2 Å². The highest BCUT2D eigenvalue weighted by Gasteiger charge is 2.47. The highest BCUT2D eigenvalue weighted by molar-refractivity contribution is 5.94. The number of aliphatic carboxylic acids is 1. The first-order valence-electron chi connectivity index (χ1n) is 7.00. The molecule has 2 heterocycles. The molecule has 1 aliphatic rings. The minimum atomic E-state index is -1.02. The van der Waals surface area contributed by atoms with E-state index in [1.165, 1.54) is 18.3 Å². The van der Waals surface area contributed by atoms with Crippen molar-refractivity contribution in [3.8, 4) is 0 Å². The number of furan rings is 1. The van der Waals surface area contributed by atoms with Crippen molar-refractivity contribution in [2.24, 2.45) is 5.41 Å². The van der Waals surface area contributed by atoms with Crippen LogP contribution in [-0.2, 0) is 9.53 Å². The molecule has 1 saturated heterocycles. The highest BCUT2D eigenvalue weighted by atomic mass is 16.5. The summed E-state index contributed by atoms with van der Waals surface area (Å²) in [4.78, 5) is 25.6. The Balaban J connectivity index is 2.19. The lowest BCUT2D eigenvalue weighted by Gasteiger charge is -2.23. The molecule has 1 N–H and O–H groups in total. The molecule has 1 aromatic rings. The SMILES string of the molecule is COCC1(C(=O)O)CCN(C(=O)c2occc2C(C)C)C1. The molecule has 1 aromatic heterocycles. The van der Waals surface area contributed by atoms with Crippen LogP contribution in [0.4, 0.5) is 0 Å². The largest absolute Gasteiger partial charge is 0.481 e. The number of likely N-dealkylation sites (tertiary alicyclic amines) is 1. The van der Waals surface area contributed by atoms with Gasteiger partial charge in [0.05, 0.1) is 12.9 Å². The van der Waals surface area contributed by atoms with Crippen LogP contribution in [0, 0.1) is 5.41 Å². The summed E-state index contributed by atoms with van der Waals surface area (Å²) in [5.41, 5.74) is -0.172. The number of nitrogens with zero attached hydrogens (tertiary/aromatic N) is 1. The molecular formula is C15H21NO5. The monoisotopic (exact) mass is 295 g/mol. The van der Waals surface area contributed by atoms with Crippen molar-refractivity contribution in [3.05, 3.63) is 23.7 Å². The van der Waals surface area contributed by atoms with Gasteiger partial charge >= 0.3 is 5.97 Å². The summed E-state index contributed by atoms with van der Waals surface area (Å²) < 4.78 is 10.3. The Labute approximate surface area is 123 Å². The van der Waals surface area contributed by atoms with Gasteiger partial charge in [0.1, 0.15) is 5.41 Å². The normalized spacial score (nSPS) is 22.0. The van der Waals surface area contributed by atoms with E-state index in [1.54, 1.807) is 6.07 Å². The van der Waals surface area contributed by atoms with E-state index in [9.17, 15) is 14.7 Å². The van der Waals surface area contributed by atoms with Gasteiger partial charge in [-0.15, -0.1) is 0 Å². The Hall–Kier alpha value is -1.82. The van der Waals surface area contributed by atoms with Gasteiger partial charge in [0.2, 0.25) is 0 Å². The van der Waals surface area contributed by atoms with Gasteiger partial charge in [-0.25, -0.2) is 0 Å². The first-order chi connectivity index (χ1) is 9.91. The quantitative estimate of drug-likeness (QED) is 0.898. The van der Waals surface area contributed by atoms with Crippen LogP contribution in [0.15, 0.2) is 16.7 Å². The van der Waals surface area contributed by atoms with Crippen LogP contribution in [0.25, 0.3) is 0 Å². The first kappa shape index (κ1) is 15.6. The molecule has 1 fully saturated rings. The number of carboxylic acids is 1. The smallest absolute Gasteiger partial charge is 0.313 e. The van der Waals surface area contributed by atoms with Gasteiger partial charge in [-0.1, -0.05) is 13.8 Å². The molecule has 21 heavy (non-hydrogen) atoms. The summed E-state index contributed by atoms with van der Waals surface area (Å²) in [6, 6.07) is 1.79. The van der Waals surface area contributed by atoms with Gasteiger partial charge in [0.15, 0.2) is 5.76 Å². The summed E-state index contributed by atoms with van der Waals surface area (Å²) in [6.45, 7) is 4.61. The van der Waals surface area contributed by atoms with E-state index in [2.05, 4.69) is 0 Å². The maximum Gasteiger partial charge on any atom is 0.313 e. The number of carbonyl (C=O) groups excluding carboxylic acids is 1. The number of ether oxygens (including phenoxy) is 1. The van der Waals surface area contributed by atoms with E-state index in [-0.39, 0.29) is 25.0 Å². The van der Waals surface area contributed by atoms with Gasteiger partial charge in [-0.3, -0.25) is 9.59 Å². The zero-order valence-electron chi connectivity index (χ0n) is 12.6. The van der Waals surface area contributed by atoms with Gasteiger partial charge in [-0.2, -0.15) is 0 Å². The van der Waals surface area contributed by atoms with E-state index >= 15 is 0 Å². The van der Waals surface area contributed by atoms with Crippen LogP contribution >= 0.6 is 0 Å². The third-order valence-electron chi connectivity index (χ3n) is 4.03.